The molecule has 1 rings (SSSR count). The first-order chi connectivity index (χ1) is 7.59. The van der Waals surface area contributed by atoms with Crippen LogP contribution in [0.15, 0.2) is 15.9 Å². The molecule has 2 atom stereocenters. The fourth-order valence-corrected chi connectivity index (χ4v) is 3.58. The van der Waals surface area contributed by atoms with Crippen LogP contribution < -0.4 is 5.32 Å². The number of hydrogen-bond donors (Lipinski definition) is 1. The van der Waals surface area contributed by atoms with E-state index >= 15 is 0 Å². The number of thiophene rings is 1. The fraction of sp³-hybridized carbons (Fsp3) is 0.667. The molecule has 0 radical (unpaired) electrons. The van der Waals surface area contributed by atoms with Crippen LogP contribution in [-0.2, 0) is 4.74 Å². The van der Waals surface area contributed by atoms with Crippen molar-refractivity contribution in [2.75, 3.05) is 13.7 Å². The minimum absolute atomic E-state index is 0.163. The molecule has 2 unspecified atom stereocenters. The highest BCUT2D eigenvalue weighted by atomic mass is 79.9. The van der Waals surface area contributed by atoms with E-state index in [0.717, 1.165) is 13.0 Å². The summed E-state index contributed by atoms with van der Waals surface area (Å²) in [5.74, 6) is 0. The Labute approximate surface area is 111 Å². The number of halogens is 1. The smallest absolute Gasteiger partial charge is 0.0850 e. The van der Waals surface area contributed by atoms with Crippen LogP contribution in [0, 0.1) is 0 Å². The average Bonchev–Trinajstić information content (AvgIpc) is 2.71. The lowest BCUT2D eigenvalue weighted by Crippen LogP contribution is -2.42. The average molecular weight is 306 g/mol. The highest BCUT2D eigenvalue weighted by Crippen LogP contribution is 2.38. The molecule has 0 spiro atoms. The van der Waals surface area contributed by atoms with E-state index in [2.05, 4.69) is 53.5 Å². The Bertz CT molecular complexity index is 323. The van der Waals surface area contributed by atoms with Crippen LogP contribution in [0.25, 0.3) is 0 Å². The van der Waals surface area contributed by atoms with E-state index in [1.807, 2.05) is 0 Å². The molecule has 0 aliphatic rings. The molecule has 92 valence electrons. The molecule has 0 bridgehead atoms. The number of ether oxygens (including phenoxy) is 1. The third-order valence-electron chi connectivity index (χ3n) is 3.09. The van der Waals surface area contributed by atoms with Gasteiger partial charge in [0.1, 0.15) is 0 Å². The molecule has 1 N–H and O–H groups in total. The second-order valence-electron chi connectivity index (χ2n) is 3.99. The van der Waals surface area contributed by atoms with Crippen LogP contribution in [-0.4, -0.2) is 19.3 Å². The maximum Gasteiger partial charge on any atom is 0.0850 e. The molecule has 1 aromatic rings. The van der Waals surface area contributed by atoms with Crippen molar-refractivity contribution >= 4 is 27.3 Å². The van der Waals surface area contributed by atoms with Gasteiger partial charge in [-0.1, -0.05) is 13.8 Å². The van der Waals surface area contributed by atoms with E-state index in [1.165, 1.54) is 9.35 Å². The molecule has 0 amide bonds. The number of nitrogens with one attached hydrogen (secondary N) is 1. The number of rotatable bonds is 6. The van der Waals surface area contributed by atoms with Crippen molar-refractivity contribution < 1.29 is 4.74 Å². The molecule has 1 aromatic heterocycles. The van der Waals surface area contributed by atoms with Gasteiger partial charge in [-0.05, 0) is 47.3 Å². The maximum absolute atomic E-state index is 5.70. The van der Waals surface area contributed by atoms with Crippen molar-refractivity contribution in [2.24, 2.45) is 0 Å². The van der Waals surface area contributed by atoms with Gasteiger partial charge >= 0.3 is 0 Å². The zero-order valence-electron chi connectivity index (χ0n) is 10.3. The van der Waals surface area contributed by atoms with Gasteiger partial charge in [-0.25, -0.2) is 0 Å². The summed E-state index contributed by atoms with van der Waals surface area (Å²) in [7, 11) is 1.79. The van der Waals surface area contributed by atoms with Crippen molar-refractivity contribution in [1.82, 2.24) is 5.32 Å². The normalized spacial score (nSPS) is 17.1. The molecule has 2 nitrogen and oxygen atoms in total. The monoisotopic (exact) mass is 305 g/mol. The van der Waals surface area contributed by atoms with Gasteiger partial charge in [0.25, 0.3) is 0 Å². The van der Waals surface area contributed by atoms with E-state index in [0.29, 0.717) is 0 Å². The molecular formula is C12H20BrNOS. The predicted molar refractivity (Wildman–Crippen MR) is 74.1 cm³/mol. The lowest BCUT2D eigenvalue weighted by Gasteiger charge is -2.36. The van der Waals surface area contributed by atoms with Gasteiger partial charge in [0.15, 0.2) is 0 Å². The second kappa shape index (κ2) is 6.15. The summed E-state index contributed by atoms with van der Waals surface area (Å²) >= 11 is 5.37. The van der Waals surface area contributed by atoms with Crippen molar-refractivity contribution in [3.8, 4) is 0 Å². The topological polar surface area (TPSA) is 21.3 Å². The minimum atomic E-state index is -0.163. The first-order valence-electron chi connectivity index (χ1n) is 5.60. The quantitative estimate of drug-likeness (QED) is 0.858. The van der Waals surface area contributed by atoms with Crippen LogP contribution in [0.5, 0.6) is 0 Å². The van der Waals surface area contributed by atoms with Crippen LogP contribution in [0.4, 0.5) is 0 Å². The molecular weight excluding hydrogens is 286 g/mol. The predicted octanol–water partition coefficient (Wildman–Crippen LogP) is 3.98. The Hall–Kier alpha value is 0.1000. The first kappa shape index (κ1) is 14.2. The van der Waals surface area contributed by atoms with Crippen molar-refractivity contribution in [3.05, 3.63) is 20.8 Å². The Balaban J connectivity index is 3.03. The lowest BCUT2D eigenvalue weighted by atomic mass is 9.92. The van der Waals surface area contributed by atoms with Gasteiger partial charge in [-0.2, -0.15) is 0 Å². The van der Waals surface area contributed by atoms with Crippen molar-refractivity contribution in [1.29, 1.82) is 0 Å². The number of methoxy groups -OCH3 is 1. The van der Waals surface area contributed by atoms with E-state index in [9.17, 15) is 0 Å². The lowest BCUT2D eigenvalue weighted by molar-refractivity contribution is -0.0288. The number of likely N-dealkylation sites (N-methyl/N-ethyl adjacent to an activating group) is 1. The first-order valence-corrected chi connectivity index (χ1v) is 7.27. The third-order valence-corrected chi connectivity index (χ3v) is 5.03. The number of hydrogen-bond acceptors (Lipinski definition) is 3. The van der Waals surface area contributed by atoms with E-state index < -0.39 is 0 Å². The Morgan fingerprint density at radius 2 is 2.25 bits per heavy atom. The van der Waals surface area contributed by atoms with Gasteiger partial charge in [0, 0.05) is 16.5 Å². The zero-order chi connectivity index (χ0) is 12.2. The van der Waals surface area contributed by atoms with Crippen LogP contribution >= 0.6 is 27.3 Å². The van der Waals surface area contributed by atoms with Crippen LogP contribution in [0.2, 0.25) is 0 Å². The van der Waals surface area contributed by atoms with Gasteiger partial charge in [0.2, 0.25) is 0 Å². The zero-order valence-corrected chi connectivity index (χ0v) is 12.7. The van der Waals surface area contributed by atoms with Gasteiger partial charge in [-0.15, -0.1) is 11.3 Å². The van der Waals surface area contributed by atoms with Crippen molar-refractivity contribution in [2.45, 2.75) is 38.8 Å². The maximum atomic E-state index is 5.70. The SMILES string of the molecule is CCNC(c1sccc1Br)C(C)(CC)OC. The van der Waals surface area contributed by atoms with Crippen LogP contribution in [0.1, 0.15) is 38.1 Å². The van der Waals surface area contributed by atoms with Gasteiger partial charge in [-0.3, -0.25) is 0 Å². The van der Waals surface area contributed by atoms with E-state index in [1.54, 1.807) is 18.4 Å². The third kappa shape index (κ3) is 2.86. The molecule has 0 saturated carbocycles. The summed E-state index contributed by atoms with van der Waals surface area (Å²) < 4.78 is 6.87. The highest BCUT2D eigenvalue weighted by Gasteiger charge is 2.35. The highest BCUT2D eigenvalue weighted by molar-refractivity contribution is 9.10. The fourth-order valence-electron chi connectivity index (χ4n) is 1.77. The summed E-state index contributed by atoms with van der Waals surface area (Å²) in [6.45, 7) is 7.38. The molecule has 0 saturated heterocycles. The van der Waals surface area contributed by atoms with E-state index in [4.69, 9.17) is 4.74 Å². The van der Waals surface area contributed by atoms with Gasteiger partial charge < -0.3 is 10.1 Å². The Morgan fingerprint density at radius 1 is 1.56 bits per heavy atom. The molecule has 0 aromatic carbocycles. The van der Waals surface area contributed by atoms with Crippen molar-refractivity contribution in [3.63, 3.8) is 0 Å². The molecule has 4 heteroatoms. The Kier molecular flexibility index (Phi) is 5.44. The molecule has 0 aliphatic heterocycles. The minimum Gasteiger partial charge on any atom is -0.377 e. The second-order valence-corrected chi connectivity index (χ2v) is 5.80. The molecule has 1 heterocycles. The summed E-state index contributed by atoms with van der Waals surface area (Å²) in [5.41, 5.74) is -0.163. The standard InChI is InChI=1S/C12H20BrNOS/c1-5-12(3,15-4)11(14-6-2)10-9(13)7-8-16-10/h7-8,11,14H,5-6H2,1-4H3. The molecule has 16 heavy (non-hydrogen) atoms. The molecule has 0 fully saturated rings. The summed E-state index contributed by atoms with van der Waals surface area (Å²) in [6.07, 6.45) is 0.978. The summed E-state index contributed by atoms with van der Waals surface area (Å²) in [4.78, 5) is 1.31. The largest absolute Gasteiger partial charge is 0.377 e. The Morgan fingerprint density at radius 3 is 2.62 bits per heavy atom. The van der Waals surface area contributed by atoms with E-state index in [-0.39, 0.29) is 11.6 Å². The summed E-state index contributed by atoms with van der Waals surface area (Å²) in [5, 5.41) is 5.63. The van der Waals surface area contributed by atoms with Gasteiger partial charge in [0.05, 0.1) is 11.6 Å². The summed E-state index contributed by atoms with van der Waals surface area (Å²) in [6, 6.07) is 2.33. The van der Waals surface area contributed by atoms with Crippen LogP contribution in [0.3, 0.4) is 0 Å². The molecule has 0 aliphatic carbocycles.